The number of carbonyl (C=O) groups excluding carboxylic acids is 2. The van der Waals surface area contributed by atoms with Crippen molar-refractivity contribution in [1.82, 2.24) is 19.7 Å². The van der Waals surface area contributed by atoms with Crippen LogP contribution in [0.25, 0.3) is 0 Å². The van der Waals surface area contributed by atoms with Gasteiger partial charge < -0.3 is 9.64 Å². The Bertz CT molecular complexity index is 562. The van der Waals surface area contributed by atoms with Crippen LogP contribution in [0.4, 0.5) is 0 Å². The molecule has 0 saturated carbocycles. The molecule has 2 rings (SSSR count). The quantitative estimate of drug-likeness (QED) is 0.755. The summed E-state index contributed by atoms with van der Waals surface area (Å²) in [6.45, 7) is 2.93. The van der Waals surface area contributed by atoms with Crippen LogP contribution in [0.2, 0.25) is 0 Å². The van der Waals surface area contributed by atoms with E-state index >= 15 is 0 Å². The average Bonchev–Trinajstić information content (AvgIpc) is 2.78. The molecule has 8 heteroatoms. The third-order valence-corrected chi connectivity index (χ3v) is 3.30. The van der Waals surface area contributed by atoms with Gasteiger partial charge in [-0.25, -0.2) is 9.48 Å². The maximum atomic E-state index is 12.2. The van der Waals surface area contributed by atoms with Crippen LogP contribution in [0.5, 0.6) is 0 Å². The average molecular weight is 282 g/mol. The zero-order valence-electron chi connectivity index (χ0n) is 11.6. The van der Waals surface area contributed by atoms with Crippen LogP contribution in [-0.2, 0) is 16.6 Å². The fourth-order valence-corrected chi connectivity index (χ4v) is 2.26. The molecule has 2 heterocycles. The second-order valence-electron chi connectivity index (χ2n) is 4.74. The number of nitrogens with zero attached hydrogens (tertiary/aromatic N) is 3. The molecule has 0 radical (unpaired) electrons. The largest absolute Gasteiger partial charge is 0.466 e. The number of hydrogen-bond donors (Lipinski definition) is 1. The van der Waals surface area contributed by atoms with Gasteiger partial charge in [-0.2, -0.15) is 0 Å². The van der Waals surface area contributed by atoms with E-state index in [0.717, 1.165) is 11.1 Å². The highest BCUT2D eigenvalue weighted by atomic mass is 16.5. The van der Waals surface area contributed by atoms with Gasteiger partial charge in [-0.3, -0.25) is 14.6 Å². The van der Waals surface area contributed by atoms with E-state index in [0.29, 0.717) is 26.1 Å². The molecule has 8 nitrogen and oxygen atoms in total. The van der Waals surface area contributed by atoms with Gasteiger partial charge in [-0.05, 0) is 19.8 Å². The van der Waals surface area contributed by atoms with Crippen LogP contribution >= 0.6 is 0 Å². The van der Waals surface area contributed by atoms with E-state index in [2.05, 4.69) is 10.1 Å². The number of nitrogens with one attached hydrogen (secondary N) is 1. The lowest BCUT2D eigenvalue weighted by atomic mass is 9.98. The predicted octanol–water partition coefficient (Wildman–Crippen LogP) is -0.476. The number of aromatic amines is 1. The summed E-state index contributed by atoms with van der Waals surface area (Å²) in [5, 5.41) is 3.83. The molecule has 0 bridgehead atoms. The highest BCUT2D eigenvalue weighted by molar-refractivity contribution is 5.90. The Balaban J connectivity index is 2.06. The molecule has 1 aromatic rings. The van der Waals surface area contributed by atoms with Crippen LogP contribution in [0.3, 0.4) is 0 Å². The second kappa shape index (κ2) is 5.89. The summed E-state index contributed by atoms with van der Waals surface area (Å²) >= 11 is 0. The molecule has 110 valence electrons. The molecule has 1 atom stereocenters. The topological polar surface area (TPSA) is 97.3 Å². The fourth-order valence-electron chi connectivity index (χ4n) is 2.26. The summed E-state index contributed by atoms with van der Waals surface area (Å²) in [4.78, 5) is 39.2. The summed E-state index contributed by atoms with van der Waals surface area (Å²) in [5.41, 5.74) is -0.438. The zero-order valence-corrected chi connectivity index (χ0v) is 11.6. The van der Waals surface area contributed by atoms with Crippen LogP contribution < -0.4 is 5.69 Å². The van der Waals surface area contributed by atoms with Gasteiger partial charge in [0, 0.05) is 20.1 Å². The second-order valence-corrected chi connectivity index (χ2v) is 4.74. The normalized spacial score (nSPS) is 18.9. The number of rotatable bonds is 3. The first kappa shape index (κ1) is 14.3. The molecular formula is C12H18N4O4. The minimum atomic E-state index is -0.438. The van der Waals surface area contributed by atoms with E-state index in [1.807, 2.05) is 0 Å². The van der Waals surface area contributed by atoms with Gasteiger partial charge in [0.15, 0.2) is 0 Å². The molecule has 1 amide bonds. The number of hydrogen-bond acceptors (Lipinski definition) is 5. The molecule has 1 N–H and O–H groups in total. The van der Waals surface area contributed by atoms with Gasteiger partial charge >= 0.3 is 11.7 Å². The van der Waals surface area contributed by atoms with Crippen LogP contribution in [0.1, 0.15) is 30.4 Å². The minimum Gasteiger partial charge on any atom is -0.466 e. The zero-order chi connectivity index (χ0) is 14.7. The lowest BCUT2D eigenvalue weighted by molar-refractivity contribution is -0.149. The van der Waals surface area contributed by atoms with Gasteiger partial charge in [-0.1, -0.05) is 0 Å². The summed E-state index contributed by atoms with van der Waals surface area (Å²) < 4.78 is 6.05. The lowest BCUT2D eigenvalue weighted by Gasteiger charge is -2.30. The number of esters is 1. The molecule has 1 saturated heterocycles. The molecule has 1 aliphatic heterocycles. The van der Waals surface area contributed by atoms with Gasteiger partial charge in [-0.15, -0.1) is 5.10 Å². The molecular weight excluding hydrogens is 264 g/mol. The summed E-state index contributed by atoms with van der Waals surface area (Å²) in [7, 11) is 1.47. The molecule has 20 heavy (non-hydrogen) atoms. The Morgan fingerprint density at radius 2 is 2.25 bits per heavy atom. The van der Waals surface area contributed by atoms with Gasteiger partial charge in [0.2, 0.25) is 5.82 Å². The van der Waals surface area contributed by atoms with Gasteiger partial charge in [0.1, 0.15) is 0 Å². The first-order valence-corrected chi connectivity index (χ1v) is 6.62. The predicted molar refractivity (Wildman–Crippen MR) is 69.1 cm³/mol. The van der Waals surface area contributed by atoms with E-state index < -0.39 is 5.69 Å². The standard InChI is InChI=1S/C12H18N4O4/c1-3-20-11(18)8-5-4-6-16(7-8)10(17)9-13-12(19)15(2)14-9/h8H,3-7H2,1-2H3,(H,13,14,19). The summed E-state index contributed by atoms with van der Waals surface area (Å²) in [5.74, 6) is -0.943. The number of H-pyrrole nitrogens is 1. The number of carbonyl (C=O) groups is 2. The molecule has 0 spiro atoms. The molecule has 1 aliphatic rings. The molecule has 1 aromatic heterocycles. The third kappa shape index (κ3) is 2.89. The van der Waals surface area contributed by atoms with Gasteiger partial charge in [0.05, 0.1) is 12.5 Å². The Morgan fingerprint density at radius 1 is 1.50 bits per heavy atom. The van der Waals surface area contributed by atoms with Crippen molar-refractivity contribution in [3.63, 3.8) is 0 Å². The number of amides is 1. The SMILES string of the molecule is CCOC(=O)C1CCCN(C(=O)c2nn(C)c(=O)[nH]2)C1. The van der Waals surface area contributed by atoms with E-state index in [9.17, 15) is 14.4 Å². The lowest BCUT2D eigenvalue weighted by Crippen LogP contribution is -2.43. The highest BCUT2D eigenvalue weighted by Crippen LogP contribution is 2.18. The van der Waals surface area contributed by atoms with Crippen LogP contribution in [0.15, 0.2) is 4.79 Å². The highest BCUT2D eigenvalue weighted by Gasteiger charge is 2.31. The van der Waals surface area contributed by atoms with Crippen molar-refractivity contribution in [2.24, 2.45) is 13.0 Å². The maximum absolute atomic E-state index is 12.2. The van der Waals surface area contributed by atoms with Crippen LogP contribution in [0, 0.1) is 5.92 Å². The van der Waals surface area contributed by atoms with Crippen molar-refractivity contribution in [2.75, 3.05) is 19.7 Å². The van der Waals surface area contributed by atoms with Gasteiger partial charge in [0.25, 0.3) is 5.91 Å². The minimum absolute atomic E-state index is 0.00186. The number of piperidine rings is 1. The Kier molecular flexibility index (Phi) is 4.21. The first-order valence-electron chi connectivity index (χ1n) is 6.62. The molecule has 1 fully saturated rings. The molecule has 0 aliphatic carbocycles. The fraction of sp³-hybridized carbons (Fsp3) is 0.667. The number of aromatic nitrogens is 3. The third-order valence-electron chi connectivity index (χ3n) is 3.30. The van der Waals surface area contributed by atoms with E-state index in [1.54, 1.807) is 6.92 Å². The molecule has 1 unspecified atom stereocenters. The molecule has 0 aromatic carbocycles. The van der Waals surface area contributed by atoms with Crippen molar-refractivity contribution in [1.29, 1.82) is 0 Å². The monoisotopic (exact) mass is 282 g/mol. The van der Waals surface area contributed by atoms with E-state index in [1.165, 1.54) is 11.9 Å². The Labute approximate surface area is 115 Å². The number of likely N-dealkylation sites (tertiary alicyclic amines) is 1. The van der Waals surface area contributed by atoms with Crippen molar-refractivity contribution >= 4 is 11.9 Å². The van der Waals surface area contributed by atoms with E-state index in [4.69, 9.17) is 4.74 Å². The maximum Gasteiger partial charge on any atom is 0.343 e. The summed E-state index contributed by atoms with van der Waals surface area (Å²) in [6, 6.07) is 0. The van der Waals surface area contributed by atoms with Crippen molar-refractivity contribution < 1.29 is 14.3 Å². The Morgan fingerprint density at radius 3 is 2.85 bits per heavy atom. The van der Waals surface area contributed by atoms with E-state index in [-0.39, 0.29) is 23.6 Å². The van der Waals surface area contributed by atoms with Crippen molar-refractivity contribution in [3.8, 4) is 0 Å². The number of aryl methyl sites for hydroxylation is 1. The Hall–Kier alpha value is -2.12. The first-order chi connectivity index (χ1) is 9.52. The van der Waals surface area contributed by atoms with Crippen LogP contribution in [-0.4, -0.2) is 51.2 Å². The smallest absolute Gasteiger partial charge is 0.343 e. The van der Waals surface area contributed by atoms with Crippen molar-refractivity contribution in [3.05, 3.63) is 16.3 Å². The number of ether oxygens (including phenoxy) is 1. The summed E-state index contributed by atoms with van der Waals surface area (Å²) in [6.07, 6.45) is 1.44. The van der Waals surface area contributed by atoms with Crippen molar-refractivity contribution in [2.45, 2.75) is 19.8 Å².